The Morgan fingerprint density at radius 1 is 1.31 bits per heavy atom. The van der Waals surface area contributed by atoms with Crippen LogP contribution in [0.15, 0.2) is 35.2 Å². The molecule has 2 aliphatic heterocycles. The number of anilines is 1. The molecule has 0 aliphatic carbocycles. The largest absolute Gasteiger partial charge is 0.485 e. The molecular weight excluding hydrogens is 348 g/mol. The number of aromatic nitrogens is 1. The highest BCUT2D eigenvalue weighted by atomic mass is 32.1. The van der Waals surface area contributed by atoms with Crippen molar-refractivity contribution in [3.63, 3.8) is 0 Å². The SMILES string of the molecule is O=C(NCc1ccsc1)N1CC[C@@H](Oc2cccnc2N2CCCC2)C1. The fraction of sp³-hybridized carbons (Fsp3) is 0.474. The molecule has 4 heterocycles. The predicted molar refractivity (Wildman–Crippen MR) is 103 cm³/mol. The van der Waals surface area contributed by atoms with Crippen LogP contribution in [-0.2, 0) is 6.54 Å². The number of likely N-dealkylation sites (tertiary alicyclic amines) is 1. The van der Waals surface area contributed by atoms with Crippen LogP contribution in [0.3, 0.4) is 0 Å². The average molecular weight is 372 g/mol. The Kier molecular flexibility index (Phi) is 5.24. The number of carbonyl (C=O) groups excluding carboxylic acids is 1. The summed E-state index contributed by atoms with van der Waals surface area (Å²) < 4.78 is 6.23. The molecule has 7 heteroatoms. The Labute approximate surface area is 157 Å². The zero-order valence-electron chi connectivity index (χ0n) is 14.8. The molecule has 138 valence electrons. The van der Waals surface area contributed by atoms with Crippen LogP contribution < -0.4 is 15.0 Å². The van der Waals surface area contributed by atoms with Gasteiger partial charge in [0.2, 0.25) is 0 Å². The first-order valence-electron chi connectivity index (χ1n) is 9.20. The van der Waals surface area contributed by atoms with Gasteiger partial charge in [-0.2, -0.15) is 11.3 Å². The van der Waals surface area contributed by atoms with Gasteiger partial charge in [-0.3, -0.25) is 0 Å². The van der Waals surface area contributed by atoms with Gasteiger partial charge in [-0.1, -0.05) is 0 Å². The smallest absolute Gasteiger partial charge is 0.317 e. The zero-order valence-corrected chi connectivity index (χ0v) is 15.6. The number of ether oxygens (including phenoxy) is 1. The van der Waals surface area contributed by atoms with Crippen molar-refractivity contribution < 1.29 is 9.53 Å². The number of carbonyl (C=O) groups is 1. The highest BCUT2D eigenvalue weighted by Gasteiger charge is 2.29. The van der Waals surface area contributed by atoms with E-state index in [4.69, 9.17) is 4.74 Å². The van der Waals surface area contributed by atoms with Crippen LogP contribution in [0.25, 0.3) is 0 Å². The number of rotatable bonds is 5. The van der Waals surface area contributed by atoms with Gasteiger partial charge in [-0.25, -0.2) is 9.78 Å². The molecule has 0 radical (unpaired) electrons. The van der Waals surface area contributed by atoms with Gasteiger partial charge in [0.25, 0.3) is 0 Å². The molecule has 0 spiro atoms. The maximum Gasteiger partial charge on any atom is 0.317 e. The summed E-state index contributed by atoms with van der Waals surface area (Å²) in [4.78, 5) is 21.0. The number of urea groups is 1. The highest BCUT2D eigenvalue weighted by Crippen LogP contribution is 2.30. The third kappa shape index (κ3) is 3.93. The number of nitrogens with one attached hydrogen (secondary N) is 1. The van der Waals surface area contributed by atoms with E-state index in [-0.39, 0.29) is 12.1 Å². The summed E-state index contributed by atoms with van der Waals surface area (Å²) in [5, 5.41) is 7.06. The van der Waals surface area contributed by atoms with Gasteiger partial charge in [0.1, 0.15) is 6.10 Å². The van der Waals surface area contributed by atoms with Crippen LogP contribution in [0.1, 0.15) is 24.8 Å². The first kappa shape index (κ1) is 17.1. The lowest BCUT2D eigenvalue weighted by molar-refractivity contribution is 0.186. The zero-order chi connectivity index (χ0) is 17.8. The molecule has 0 aromatic carbocycles. The lowest BCUT2D eigenvalue weighted by atomic mass is 10.3. The Bertz CT molecular complexity index is 731. The van der Waals surface area contributed by atoms with Crippen LogP contribution in [0.4, 0.5) is 10.6 Å². The van der Waals surface area contributed by atoms with E-state index in [1.807, 2.05) is 34.7 Å². The van der Waals surface area contributed by atoms with Gasteiger partial charge < -0.3 is 19.9 Å². The van der Waals surface area contributed by atoms with Crippen LogP contribution >= 0.6 is 11.3 Å². The van der Waals surface area contributed by atoms with E-state index >= 15 is 0 Å². The normalized spacial score (nSPS) is 19.8. The second-order valence-corrected chi connectivity index (χ2v) is 7.56. The minimum Gasteiger partial charge on any atom is -0.485 e. The summed E-state index contributed by atoms with van der Waals surface area (Å²) in [6, 6.07) is 5.91. The molecule has 26 heavy (non-hydrogen) atoms. The van der Waals surface area contributed by atoms with E-state index in [1.54, 1.807) is 11.3 Å². The molecular formula is C19H24N4O2S. The predicted octanol–water partition coefficient (Wildman–Crippen LogP) is 3.11. The third-order valence-corrected chi connectivity index (χ3v) is 5.64. The molecule has 0 bridgehead atoms. The molecule has 2 saturated heterocycles. The van der Waals surface area contributed by atoms with Crippen molar-refractivity contribution >= 4 is 23.2 Å². The monoisotopic (exact) mass is 372 g/mol. The van der Waals surface area contributed by atoms with E-state index in [9.17, 15) is 4.79 Å². The minimum atomic E-state index is -0.0201. The summed E-state index contributed by atoms with van der Waals surface area (Å²) in [5.41, 5.74) is 1.14. The summed E-state index contributed by atoms with van der Waals surface area (Å²) in [6.45, 7) is 3.99. The van der Waals surface area contributed by atoms with Crippen molar-refractivity contribution in [1.82, 2.24) is 15.2 Å². The van der Waals surface area contributed by atoms with Gasteiger partial charge in [-0.05, 0) is 47.4 Å². The second-order valence-electron chi connectivity index (χ2n) is 6.78. The number of hydrogen-bond donors (Lipinski definition) is 1. The Morgan fingerprint density at radius 2 is 2.19 bits per heavy atom. The molecule has 6 nitrogen and oxygen atoms in total. The van der Waals surface area contributed by atoms with Crippen molar-refractivity contribution in [2.45, 2.75) is 31.9 Å². The standard InChI is InChI=1S/C19H24N4O2S/c24-19(21-12-15-6-11-26-14-15)23-10-5-16(13-23)25-17-4-3-7-20-18(17)22-8-1-2-9-22/h3-4,6-7,11,14,16H,1-2,5,8-10,12-13H2,(H,21,24)/t16-/m1/s1. The minimum absolute atomic E-state index is 0.0201. The van der Waals surface area contributed by atoms with E-state index in [0.29, 0.717) is 13.1 Å². The van der Waals surface area contributed by atoms with Crippen LogP contribution in [0, 0.1) is 0 Å². The molecule has 2 aromatic heterocycles. The molecule has 2 aromatic rings. The molecule has 1 atom stereocenters. The average Bonchev–Trinajstić information content (AvgIpc) is 3.42. The lowest BCUT2D eigenvalue weighted by Gasteiger charge is -2.22. The fourth-order valence-electron chi connectivity index (χ4n) is 3.51. The number of hydrogen-bond acceptors (Lipinski definition) is 5. The Morgan fingerprint density at radius 3 is 3.00 bits per heavy atom. The Hall–Kier alpha value is -2.28. The van der Waals surface area contributed by atoms with E-state index in [0.717, 1.165) is 43.2 Å². The third-order valence-electron chi connectivity index (χ3n) is 4.91. The molecule has 1 N–H and O–H groups in total. The van der Waals surface area contributed by atoms with Crippen LogP contribution in [0.5, 0.6) is 5.75 Å². The molecule has 2 aliphatic rings. The number of pyridine rings is 1. The van der Waals surface area contributed by atoms with E-state index in [2.05, 4.69) is 20.6 Å². The Balaban J connectivity index is 1.32. The second kappa shape index (κ2) is 7.95. The van der Waals surface area contributed by atoms with Gasteiger partial charge in [0.15, 0.2) is 11.6 Å². The topological polar surface area (TPSA) is 57.7 Å². The summed E-state index contributed by atoms with van der Waals surface area (Å²) in [5.74, 6) is 1.77. The molecule has 4 rings (SSSR count). The van der Waals surface area contributed by atoms with Gasteiger partial charge in [0, 0.05) is 38.8 Å². The number of thiophene rings is 1. The lowest BCUT2D eigenvalue weighted by Crippen LogP contribution is -2.39. The summed E-state index contributed by atoms with van der Waals surface area (Å²) in [7, 11) is 0. The van der Waals surface area contributed by atoms with Crippen LogP contribution in [-0.4, -0.2) is 48.2 Å². The fourth-order valence-corrected chi connectivity index (χ4v) is 4.18. The van der Waals surface area contributed by atoms with E-state index in [1.165, 1.54) is 12.8 Å². The number of nitrogens with zero attached hydrogens (tertiary/aromatic N) is 3. The van der Waals surface area contributed by atoms with Crippen LogP contribution in [0.2, 0.25) is 0 Å². The van der Waals surface area contributed by atoms with Gasteiger partial charge >= 0.3 is 6.03 Å². The maximum atomic E-state index is 12.4. The number of amides is 2. The van der Waals surface area contributed by atoms with E-state index < -0.39 is 0 Å². The summed E-state index contributed by atoms with van der Waals surface area (Å²) in [6.07, 6.45) is 5.10. The quantitative estimate of drug-likeness (QED) is 0.876. The first-order valence-corrected chi connectivity index (χ1v) is 10.1. The van der Waals surface area contributed by atoms with Gasteiger partial charge in [0.05, 0.1) is 6.54 Å². The van der Waals surface area contributed by atoms with Crippen molar-refractivity contribution in [3.8, 4) is 5.75 Å². The van der Waals surface area contributed by atoms with Crippen molar-refractivity contribution in [1.29, 1.82) is 0 Å². The van der Waals surface area contributed by atoms with Crippen molar-refractivity contribution in [2.24, 2.45) is 0 Å². The highest BCUT2D eigenvalue weighted by molar-refractivity contribution is 7.07. The summed E-state index contributed by atoms with van der Waals surface area (Å²) >= 11 is 1.64. The molecule has 0 unspecified atom stereocenters. The van der Waals surface area contributed by atoms with Gasteiger partial charge in [-0.15, -0.1) is 0 Å². The molecule has 2 amide bonds. The van der Waals surface area contributed by atoms with Crippen molar-refractivity contribution in [2.75, 3.05) is 31.1 Å². The van der Waals surface area contributed by atoms with Crippen molar-refractivity contribution in [3.05, 3.63) is 40.7 Å². The first-order chi connectivity index (χ1) is 12.8. The molecule has 0 saturated carbocycles. The molecule has 2 fully saturated rings. The maximum absolute atomic E-state index is 12.4.